The summed E-state index contributed by atoms with van der Waals surface area (Å²) in [5.41, 5.74) is 2.32. The number of nitrogens with zero attached hydrogens (tertiary/aromatic N) is 1. The SMILES string of the molecule is CCCCC[C@H](O)/C=C/[C@@H]1[C@H]2c3cccc(CCCC(=O)N(CC)CC)c3O[C@H]2C[C@H]1O. The first-order valence-corrected chi connectivity index (χ1v) is 12.6. The van der Waals surface area contributed by atoms with Crippen LogP contribution >= 0.6 is 0 Å². The molecule has 1 amide bonds. The van der Waals surface area contributed by atoms with E-state index in [4.69, 9.17) is 4.74 Å². The summed E-state index contributed by atoms with van der Waals surface area (Å²) < 4.78 is 6.34. The number of hydrogen-bond donors (Lipinski definition) is 2. The first-order valence-electron chi connectivity index (χ1n) is 12.6. The van der Waals surface area contributed by atoms with Gasteiger partial charge in [-0.2, -0.15) is 0 Å². The zero-order valence-electron chi connectivity index (χ0n) is 20.0. The van der Waals surface area contributed by atoms with Crippen molar-refractivity contribution in [3.63, 3.8) is 0 Å². The van der Waals surface area contributed by atoms with Crippen LogP contribution in [0, 0.1) is 5.92 Å². The number of aliphatic hydroxyl groups is 2. The van der Waals surface area contributed by atoms with Gasteiger partial charge in [0.2, 0.25) is 5.91 Å². The smallest absolute Gasteiger partial charge is 0.222 e. The Labute approximate surface area is 193 Å². The molecule has 1 aromatic carbocycles. The van der Waals surface area contributed by atoms with Gasteiger partial charge in [-0.1, -0.05) is 56.5 Å². The van der Waals surface area contributed by atoms with Crippen molar-refractivity contribution in [3.05, 3.63) is 41.5 Å². The van der Waals surface area contributed by atoms with Crippen LogP contribution in [0.4, 0.5) is 0 Å². The zero-order chi connectivity index (χ0) is 23.1. The molecule has 5 atom stereocenters. The fourth-order valence-electron chi connectivity index (χ4n) is 5.29. The molecule has 1 heterocycles. The molecule has 5 nitrogen and oxygen atoms in total. The number of hydrogen-bond acceptors (Lipinski definition) is 4. The van der Waals surface area contributed by atoms with Crippen LogP contribution in [0.1, 0.15) is 82.8 Å². The quantitative estimate of drug-likeness (QED) is 0.366. The van der Waals surface area contributed by atoms with Crippen LogP contribution in [0.15, 0.2) is 30.4 Å². The number of unbranched alkanes of at least 4 members (excludes halogenated alkanes) is 2. The van der Waals surface area contributed by atoms with E-state index in [-0.39, 0.29) is 23.8 Å². The number of carbonyl (C=O) groups excluding carboxylic acids is 1. The van der Waals surface area contributed by atoms with Crippen LogP contribution in [0.25, 0.3) is 0 Å². The lowest BCUT2D eigenvalue weighted by molar-refractivity contribution is -0.130. The van der Waals surface area contributed by atoms with Gasteiger partial charge in [-0.3, -0.25) is 4.79 Å². The molecule has 1 saturated carbocycles. The topological polar surface area (TPSA) is 70.0 Å². The highest BCUT2D eigenvalue weighted by molar-refractivity contribution is 5.76. The van der Waals surface area contributed by atoms with Crippen molar-refractivity contribution in [1.82, 2.24) is 4.90 Å². The molecule has 0 aromatic heterocycles. The largest absolute Gasteiger partial charge is 0.489 e. The highest BCUT2D eigenvalue weighted by Gasteiger charge is 2.48. The van der Waals surface area contributed by atoms with Crippen LogP contribution in [0.2, 0.25) is 0 Å². The highest BCUT2D eigenvalue weighted by Crippen LogP contribution is 2.52. The highest BCUT2D eigenvalue weighted by atomic mass is 16.5. The predicted octanol–water partition coefficient (Wildman–Crippen LogP) is 4.60. The van der Waals surface area contributed by atoms with Gasteiger partial charge in [-0.25, -0.2) is 0 Å². The summed E-state index contributed by atoms with van der Waals surface area (Å²) >= 11 is 0. The summed E-state index contributed by atoms with van der Waals surface area (Å²) in [7, 11) is 0. The van der Waals surface area contributed by atoms with E-state index in [2.05, 4.69) is 25.1 Å². The minimum atomic E-state index is -0.454. The van der Waals surface area contributed by atoms with Crippen molar-refractivity contribution >= 4 is 5.91 Å². The summed E-state index contributed by atoms with van der Waals surface area (Å²) in [6, 6.07) is 6.28. The summed E-state index contributed by atoms with van der Waals surface area (Å²) in [5, 5.41) is 21.0. The second-order valence-electron chi connectivity index (χ2n) is 9.27. The second kappa shape index (κ2) is 11.9. The Balaban J connectivity index is 1.65. The van der Waals surface area contributed by atoms with Gasteiger partial charge in [0, 0.05) is 43.3 Å². The third kappa shape index (κ3) is 5.74. The van der Waals surface area contributed by atoms with E-state index < -0.39 is 12.2 Å². The number of ether oxygens (including phenoxy) is 1. The molecular weight excluding hydrogens is 402 g/mol. The summed E-state index contributed by atoms with van der Waals surface area (Å²) in [5.74, 6) is 1.25. The molecular formula is C27H41NO4. The maximum atomic E-state index is 12.3. The Morgan fingerprint density at radius 1 is 1.22 bits per heavy atom. The molecule has 178 valence electrons. The Bertz CT molecular complexity index is 773. The number of amides is 1. The molecule has 1 fully saturated rings. The minimum absolute atomic E-state index is 0.0228. The van der Waals surface area contributed by atoms with E-state index in [0.29, 0.717) is 12.8 Å². The number of para-hydroxylation sites is 1. The number of aryl methyl sites for hydroxylation is 1. The summed E-state index contributed by atoms with van der Waals surface area (Å²) in [6.07, 6.45) is 9.80. The normalized spacial score (nSPS) is 24.9. The number of rotatable bonds is 12. The average molecular weight is 444 g/mol. The Morgan fingerprint density at radius 2 is 2.00 bits per heavy atom. The van der Waals surface area contributed by atoms with Gasteiger partial charge in [0.25, 0.3) is 0 Å². The van der Waals surface area contributed by atoms with Crippen molar-refractivity contribution in [1.29, 1.82) is 0 Å². The molecule has 1 aliphatic carbocycles. The number of fused-ring (bicyclic) bond motifs is 3. The minimum Gasteiger partial charge on any atom is -0.489 e. The molecule has 0 unspecified atom stereocenters. The summed E-state index contributed by atoms with van der Waals surface area (Å²) in [4.78, 5) is 14.2. The fourth-order valence-corrected chi connectivity index (χ4v) is 5.29. The van der Waals surface area contributed by atoms with Gasteiger partial charge in [0.15, 0.2) is 0 Å². The summed E-state index contributed by atoms with van der Waals surface area (Å²) in [6.45, 7) is 7.70. The maximum Gasteiger partial charge on any atom is 0.222 e. The van der Waals surface area contributed by atoms with Gasteiger partial charge >= 0.3 is 0 Å². The second-order valence-corrected chi connectivity index (χ2v) is 9.27. The zero-order valence-corrected chi connectivity index (χ0v) is 20.0. The van der Waals surface area contributed by atoms with E-state index >= 15 is 0 Å². The monoisotopic (exact) mass is 443 g/mol. The Morgan fingerprint density at radius 3 is 2.72 bits per heavy atom. The van der Waals surface area contributed by atoms with Crippen molar-refractivity contribution < 1.29 is 19.7 Å². The predicted molar refractivity (Wildman–Crippen MR) is 128 cm³/mol. The number of carbonyl (C=O) groups is 1. The Hall–Kier alpha value is -1.85. The lowest BCUT2D eigenvalue weighted by Gasteiger charge is -2.19. The fraction of sp³-hybridized carbons (Fsp3) is 0.667. The van der Waals surface area contributed by atoms with Crippen LogP contribution in [-0.4, -0.2) is 52.4 Å². The lowest BCUT2D eigenvalue weighted by atomic mass is 9.86. The van der Waals surface area contributed by atoms with Crippen molar-refractivity contribution in [2.45, 2.75) is 96.4 Å². The standard InChI is InChI=1S/C27H41NO4/c1-4-7-8-13-20(29)16-17-21-23(30)18-24-26(21)22-14-9-11-19(27(22)32-24)12-10-15-25(31)28(5-2)6-3/h9,11,14,16-17,20-21,23-24,26,29-30H,4-8,10,12-13,15,18H2,1-3H3/b17-16+/t20-,21-,23+,24-,26-/m0/s1. The van der Waals surface area contributed by atoms with Crippen LogP contribution in [-0.2, 0) is 11.2 Å². The molecule has 3 rings (SSSR count). The van der Waals surface area contributed by atoms with Gasteiger partial charge in [0.05, 0.1) is 12.2 Å². The van der Waals surface area contributed by atoms with Gasteiger partial charge < -0.3 is 19.8 Å². The maximum absolute atomic E-state index is 12.3. The first kappa shape index (κ1) is 24.8. The van der Waals surface area contributed by atoms with Gasteiger partial charge in [-0.05, 0) is 38.7 Å². The van der Waals surface area contributed by atoms with Crippen molar-refractivity contribution in [3.8, 4) is 5.75 Å². The number of benzene rings is 1. The molecule has 2 N–H and O–H groups in total. The van der Waals surface area contributed by atoms with Crippen molar-refractivity contribution in [2.75, 3.05) is 13.1 Å². The van der Waals surface area contributed by atoms with Gasteiger partial charge in [0.1, 0.15) is 11.9 Å². The molecule has 2 aliphatic rings. The van der Waals surface area contributed by atoms with Crippen LogP contribution in [0.3, 0.4) is 0 Å². The molecule has 0 spiro atoms. The molecule has 1 aliphatic heterocycles. The molecule has 1 aromatic rings. The number of aliphatic hydroxyl groups excluding tert-OH is 2. The Kier molecular flexibility index (Phi) is 9.18. The third-order valence-corrected chi connectivity index (χ3v) is 7.10. The van der Waals surface area contributed by atoms with Crippen molar-refractivity contribution in [2.24, 2.45) is 5.92 Å². The van der Waals surface area contributed by atoms with Gasteiger partial charge in [-0.15, -0.1) is 0 Å². The first-order chi connectivity index (χ1) is 15.5. The van der Waals surface area contributed by atoms with E-state index in [1.165, 1.54) is 0 Å². The van der Waals surface area contributed by atoms with E-state index in [1.54, 1.807) is 0 Å². The molecule has 5 heteroatoms. The van der Waals surface area contributed by atoms with Crippen LogP contribution < -0.4 is 4.74 Å². The lowest BCUT2D eigenvalue weighted by Crippen LogP contribution is -2.30. The van der Waals surface area contributed by atoms with Crippen LogP contribution in [0.5, 0.6) is 5.75 Å². The molecule has 0 radical (unpaired) electrons. The van der Waals surface area contributed by atoms with E-state index in [0.717, 1.165) is 68.5 Å². The average Bonchev–Trinajstić information content (AvgIpc) is 3.28. The molecule has 0 bridgehead atoms. The third-order valence-electron chi connectivity index (χ3n) is 7.10. The molecule has 0 saturated heterocycles. The van der Waals surface area contributed by atoms with E-state index in [9.17, 15) is 15.0 Å². The molecule has 32 heavy (non-hydrogen) atoms. The van der Waals surface area contributed by atoms with E-state index in [1.807, 2.05) is 30.9 Å².